The van der Waals surface area contributed by atoms with E-state index in [9.17, 15) is 4.39 Å². The molecular weight excluding hydrogens is 403 g/mol. The van der Waals surface area contributed by atoms with Crippen molar-refractivity contribution >= 4 is 15.9 Å². The molecule has 2 aromatic carbocycles. The van der Waals surface area contributed by atoms with E-state index >= 15 is 0 Å². The summed E-state index contributed by atoms with van der Waals surface area (Å²) in [4.78, 5) is 4.33. The van der Waals surface area contributed by atoms with Gasteiger partial charge in [0.2, 0.25) is 23.5 Å². The maximum Gasteiger partial charge on any atom is 0.247 e. The van der Waals surface area contributed by atoms with Gasteiger partial charge >= 0.3 is 0 Å². The SMILES string of the molecule is Cc1ccc(-c2nnc(Cc3nc(-c4ccc(Br)cc4)no3)o2)cc1F. The van der Waals surface area contributed by atoms with Gasteiger partial charge in [0.15, 0.2) is 0 Å². The number of aromatic nitrogens is 4. The van der Waals surface area contributed by atoms with Crippen molar-refractivity contribution in [2.75, 3.05) is 0 Å². The van der Waals surface area contributed by atoms with Crippen molar-refractivity contribution in [2.24, 2.45) is 0 Å². The van der Waals surface area contributed by atoms with E-state index in [1.54, 1.807) is 19.1 Å². The molecule has 0 saturated heterocycles. The van der Waals surface area contributed by atoms with Gasteiger partial charge in [-0.1, -0.05) is 27.2 Å². The van der Waals surface area contributed by atoms with Crippen molar-refractivity contribution in [3.63, 3.8) is 0 Å². The molecule has 4 aromatic rings. The molecule has 0 atom stereocenters. The molecule has 0 aliphatic heterocycles. The summed E-state index contributed by atoms with van der Waals surface area (Å²) < 4.78 is 25.5. The third-order valence-corrected chi connectivity index (χ3v) is 4.29. The van der Waals surface area contributed by atoms with Crippen molar-refractivity contribution in [3.8, 4) is 22.8 Å². The predicted molar refractivity (Wildman–Crippen MR) is 94.7 cm³/mol. The molecule has 6 nitrogen and oxygen atoms in total. The fraction of sp³-hybridized carbons (Fsp3) is 0.111. The van der Waals surface area contributed by atoms with Gasteiger partial charge in [-0.15, -0.1) is 10.2 Å². The highest BCUT2D eigenvalue weighted by Gasteiger charge is 2.15. The first-order valence-electron chi connectivity index (χ1n) is 7.76. The predicted octanol–water partition coefficient (Wildman–Crippen LogP) is 4.59. The number of hydrogen-bond donors (Lipinski definition) is 0. The second-order valence-electron chi connectivity index (χ2n) is 5.66. The average molecular weight is 415 g/mol. The summed E-state index contributed by atoms with van der Waals surface area (Å²) in [6.07, 6.45) is 0.199. The van der Waals surface area contributed by atoms with Crippen LogP contribution >= 0.6 is 15.9 Å². The number of benzene rings is 2. The van der Waals surface area contributed by atoms with E-state index in [4.69, 9.17) is 8.94 Å². The van der Waals surface area contributed by atoms with E-state index in [1.807, 2.05) is 24.3 Å². The summed E-state index contributed by atoms with van der Waals surface area (Å²) in [7, 11) is 0. The van der Waals surface area contributed by atoms with E-state index in [0.29, 0.717) is 28.7 Å². The van der Waals surface area contributed by atoms with E-state index in [2.05, 4.69) is 36.3 Å². The summed E-state index contributed by atoms with van der Waals surface area (Å²) in [6, 6.07) is 12.3. The van der Waals surface area contributed by atoms with E-state index in [1.165, 1.54) is 6.07 Å². The molecule has 2 aromatic heterocycles. The van der Waals surface area contributed by atoms with Crippen LogP contribution in [0.4, 0.5) is 4.39 Å². The summed E-state index contributed by atoms with van der Waals surface area (Å²) in [5, 5.41) is 11.9. The highest BCUT2D eigenvalue weighted by molar-refractivity contribution is 9.10. The van der Waals surface area contributed by atoms with Crippen LogP contribution in [0.25, 0.3) is 22.8 Å². The number of halogens is 2. The van der Waals surface area contributed by atoms with Crippen molar-refractivity contribution in [1.29, 1.82) is 0 Å². The zero-order valence-corrected chi connectivity index (χ0v) is 15.2. The lowest BCUT2D eigenvalue weighted by Crippen LogP contribution is -1.88. The maximum absolute atomic E-state index is 13.7. The van der Waals surface area contributed by atoms with Gasteiger partial charge in [-0.2, -0.15) is 4.98 Å². The molecule has 0 bridgehead atoms. The van der Waals surface area contributed by atoms with Crippen LogP contribution in [0.3, 0.4) is 0 Å². The van der Waals surface area contributed by atoms with E-state index in [-0.39, 0.29) is 18.1 Å². The second kappa shape index (κ2) is 6.80. The van der Waals surface area contributed by atoms with Crippen molar-refractivity contribution in [1.82, 2.24) is 20.3 Å². The van der Waals surface area contributed by atoms with Crippen LogP contribution in [0.5, 0.6) is 0 Å². The van der Waals surface area contributed by atoms with Crippen LogP contribution in [0.1, 0.15) is 17.3 Å². The van der Waals surface area contributed by atoms with Crippen LogP contribution in [-0.2, 0) is 6.42 Å². The first-order chi connectivity index (χ1) is 12.6. The van der Waals surface area contributed by atoms with Gasteiger partial charge in [0.25, 0.3) is 0 Å². The van der Waals surface area contributed by atoms with Gasteiger partial charge < -0.3 is 8.94 Å². The summed E-state index contributed by atoms with van der Waals surface area (Å²) in [6.45, 7) is 1.69. The maximum atomic E-state index is 13.7. The Hall–Kier alpha value is -2.87. The van der Waals surface area contributed by atoms with Crippen molar-refractivity contribution in [2.45, 2.75) is 13.3 Å². The number of hydrogen-bond acceptors (Lipinski definition) is 6. The Morgan fingerprint density at radius 3 is 2.54 bits per heavy atom. The molecule has 0 aliphatic carbocycles. The molecule has 0 radical (unpaired) electrons. The fourth-order valence-electron chi connectivity index (χ4n) is 2.34. The zero-order valence-electron chi connectivity index (χ0n) is 13.6. The van der Waals surface area contributed by atoms with Crippen LogP contribution < -0.4 is 0 Å². The zero-order chi connectivity index (χ0) is 18.1. The van der Waals surface area contributed by atoms with Crippen LogP contribution in [0.15, 0.2) is 55.9 Å². The largest absolute Gasteiger partial charge is 0.420 e. The van der Waals surface area contributed by atoms with Gasteiger partial charge in [-0.3, -0.25) is 0 Å². The molecule has 0 fully saturated rings. The minimum atomic E-state index is -0.321. The highest BCUT2D eigenvalue weighted by Crippen LogP contribution is 2.22. The third-order valence-electron chi connectivity index (χ3n) is 3.76. The normalized spacial score (nSPS) is 11.0. The lowest BCUT2D eigenvalue weighted by molar-refractivity contribution is 0.374. The Labute approximate surface area is 156 Å². The fourth-order valence-corrected chi connectivity index (χ4v) is 2.60. The Bertz CT molecular complexity index is 1060. The molecule has 0 amide bonds. The van der Waals surface area contributed by atoms with E-state index < -0.39 is 0 Å². The average Bonchev–Trinajstić information content (AvgIpc) is 3.28. The molecule has 4 rings (SSSR count). The summed E-state index contributed by atoms with van der Waals surface area (Å²) >= 11 is 3.38. The second-order valence-corrected chi connectivity index (χ2v) is 6.58. The summed E-state index contributed by atoms with van der Waals surface area (Å²) in [5.74, 6) is 1.07. The summed E-state index contributed by atoms with van der Waals surface area (Å²) in [5.41, 5.74) is 1.91. The molecule has 0 aliphatic rings. The third kappa shape index (κ3) is 3.41. The number of rotatable bonds is 4. The quantitative estimate of drug-likeness (QED) is 0.485. The smallest absolute Gasteiger partial charge is 0.247 e. The number of nitrogens with zero attached hydrogens (tertiary/aromatic N) is 4. The van der Waals surface area contributed by atoms with Crippen LogP contribution in [0.2, 0.25) is 0 Å². The van der Waals surface area contributed by atoms with Gasteiger partial charge in [0, 0.05) is 15.6 Å². The Morgan fingerprint density at radius 1 is 1.00 bits per heavy atom. The molecule has 26 heavy (non-hydrogen) atoms. The van der Waals surface area contributed by atoms with Crippen LogP contribution in [0, 0.1) is 12.7 Å². The van der Waals surface area contributed by atoms with Crippen LogP contribution in [-0.4, -0.2) is 20.3 Å². The molecule has 0 N–H and O–H groups in total. The first kappa shape index (κ1) is 16.6. The lowest BCUT2D eigenvalue weighted by Gasteiger charge is -1.97. The van der Waals surface area contributed by atoms with Gasteiger partial charge in [0.05, 0.1) is 0 Å². The minimum absolute atomic E-state index is 0.199. The number of aryl methyl sites for hydroxylation is 1. The standard InChI is InChI=1S/C18H12BrFN4O2/c1-10-2-3-12(8-14(10)20)18-23-22-16(25-18)9-15-21-17(24-26-15)11-4-6-13(19)7-5-11/h2-8H,9H2,1H3. The lowest BCUT2D eigenvalue weighted by atomic mass is 10.1. The topological polar surface area (TPSA) is 77.8 Å². The van der Waals surface area contributed by atoms with E-state index in [0.717, 1.165) is 10.0 Å². The molecule has 2 heterocycles. The first-order valence-corrected chi connectivity index (χ1v) is 8.55. The molecule has 0 spiro atoms. The van der Waals surface area contributed by atoms with Gasteiger partial charge in [-0.25, -0.2) is 4.39 Å². The van der Waals surface area contributed by atoms with Crippen molar-refractivity contribution in [3.05, 3.63) is 70.1 Å². The Kier molecular flexibility index (Phi) is 4.34. The molecular formula is C18H12BrFN4O2. The van der Waals surface area contributed by atoms with Crippen molar-refractivity contribution < 1.29 is 13.3 Å². The Balaban J connectivity index is 1.52. The van der Waals surface area contributed by atoms with Gasteiger partial charge in [-0.05, 0) is 48.9 Å². The molecule has 0 unspecified atom stereocenters. The van der Waals surface area contributed by atoms with Gasteiger partial charge in [0.1, 0.15) is 12.2 Å². The Morgan fingerprint density at radius 2 is 1.77 bits per heavy atom. The monoisotopic (exact) mass is 414 g/mol. The highest BCUT2D eigenvalue weighted by atomic mass is 79.9. The molecule has 130 valence electrons. The molecule has 8 heteroatoms. The minimum Gasteiger partial charge on any atom is -0.420 e. The molecule has 0 saturated carbocycles.